The summed E-state index contributed by atoms with van der Waals surface area (Å²) in [6, 6.07) is 8.29. The molecule has 0 saturated carbocycles. The number of hydrogen-bond acceptors (Lipinski definition) is 5. The van der Waals surface area contributed by atoms with E-state index < -0.39 is 10.0 Å². The van der Waals surface area contributed by atoms with Crippen LogP contribution in [0.1, 0.15) is 17.2 Å². The molecule has 3 rings (SSSR count). The van der Waals surface area contributed by atoms with Gasteiger partial charge in [-0.1, -0.05) is 15.9 Å². The average Bonchev–Trinajstić information content (AvgIpc) is 2.89. The van der Waals surface area contributed by atoms with Crippen molar-refractivity contribution in [2.75, 3.05) is 0 Å². The lowest BCUT2D eigenvalue weighted by Gasteiger charge is -2.04. The number of aromatic nitrogens is 4. The van der Waals surface area contributed by atoms with E-state index in [0.29, 0.717) is 11.6 Å². The molecule has 3 aromatic rings. The van der Waals surface area contributed by atoms with E-state index >= 15 is 0 Å². The van der Waals surface area contributed by atoms with Crippen molar-refractivity contribution in [3.8, 4) is 0 Å². The van der Waals surface area contributed by atoms with Crippen molar-refractivity contribution in [1.82, 2.24) is 24.3 Å². The third-order valence-corrected chi connectivity index (χ3v) is 5.15. The number of sulfonamides is 1. The molecule has 0 saturated heterocycles. The van der Waals surface area contributed by atoms with Crippen LogP contribution in [-0.2, 0) is 16.6 Å². The van der Waals surface area contributed by atoms with Crippen LogP contribution in [0.3, 0.4) is 0 Å². The Hall–Kier alpha value is -1.84. The van der Waals surface area contributed by atoms with Crippen LogP contribution < -0.4 is 4.72 Å². The summed E-state index contributed by atoms with van der Waals surface area (Å²) in [6.07, 6.45) is 0. The molecule has 7 nitrogen and oxygen atoms in total. The zero-order valence-corrected chi connectivity index (χ0v) is 14.9. The molecule has 0 amide bonds. The molecule has 1 N–H and O–H groups in total. The molecule has 0 unspecified atom stereocenters. The number of halogens is 1. The summed E-state index contributed by atoms with van der Waals surface area (Å²) in [4.78, 5) is 8.72. The molecule has 0 bridgehead atoms. The maximum absolute atomic E-state index is 12.2. The Morgan fingerprint density at radius 1 is 1.17 bits per heavy atom. The number of fused-ring (bicyclic) bond motifs is 1. The minimum Gasteiger partial charge on any atom is -0.216 e. The Morgan fingerprint density at radius 2 is 1.87 bits per heavy atom. The number of nitrogens with zero attached hydrogens (tertiary/aromatic N) is 4. The second-order valence-electron chi connectivity index (χ2n) is 5.06. The Kier molecular flexibility index (Phi) is 4.17. The molecule has 9 heteroatoms. The van der Waals surface area contributed by atoms with Crippen molar-refractivity contribution >= 4 is 31.7 Å². The van der Waals surface area contributed by atoms with Crippen LogP contribution in [0, 0.1) is 13.8 Å². The van der Waals surface area contributed by atoms with E-state index in [1.807, 2.05) is 19.9 Å². The third-order valence-electron chi connectivity index (χ3n) is 3.21. The quantitative estimate of drug-likeness (QED) is 0.729. The van der Waals surface area contributed by atoms with E-state index in [4.69, 9.17) is 0 Å². The first kappa shape index (κ1) is 16.0. The Labute approximate surface area is 142 Å². The standard InChI is InChI=1S/C14H14BrN5O2S/c1-9-7-10(2)20-14(17-9)18-13(19-20)8-16-23(21,22)12-5-3-11(15)4-6-12/h3-7,16H,8H2,1-2H3. The Balaban J connectivity index is 1.82. The molecule has 120 valence electrons. The lowest BCUT2D eigenvalue weighted by atomic mass is 10.4. The number of benzene rings is 1. The lowest BCUT2D eigenvalue weighted by molar-refractivity contribution is 0.579. The van der Waals surface area contributed by atoms with E-state index in [1.54, 1.807) is 16.6 Å². The molecular formula is C14H14BrN5O2S. The lowest BCUT2D eigenvalue weighted by Crippen LogP contribution is -2.23. The maximum atomic E-state index is 12.2. The largest absolute Gasteiger partial charge is 0.252 e. The van der Waals surface area contributed by atoms with E-state index in [9.17, 15) is 8.42 Å². The van der Waals surface area contributed by atoms with Crippen LogP contribution in [0.2, 0.25) is 0 Å². The first-order chi connectivity index (χ1) is 10.8. The van der Waals surface area contributed by atoms with E-state index in [0.717, 1.165) is 15.9 Å². The van der Waals surface area contributed by atoms with Crippen molar-refractivity contribution in [2.24, 2.45) is 0 Å². The van der Waals surface area contributed by atoms with Crippen LogP contribution >= 0.6 is 15.9 Å². The van der Waals surface area contributed by atoms with Gasteiger partial charge in [0.1, 0.15) is 0 Å². The second kappa shape index (κ2) is 5.99. The fraction of sp³-hybridized carbons (Fsp3) is 0.214. The van der Waals surface area contributed by atoms with Gasteiger partial charge in [-0.3, -0.25) is 0 Å². The molecule has 0 spiro atoms. The summed E-state index contributed by atoms with van der Waals surface area (Å²) in [5.74, 6) is 0.826. The topological polar surface area (TPSA) is 89.2 Å². The predicted octanol–water partition coefficient (Wildman–Crippen LogP) is 1.98. The summed E-state index contributed by atoms with van der Waals surface area (Å²) in [7, 11) is -3.61. The first-order valence-corrected chi connectivity index (χ1v) is 9.08. The number of nitrogens with one attached hydrogen (secondary N) is 1. The molecule has 0 aliphatic carbocycles. The van der Waals surface area contributed by atoms with Gasteiger partial charge >= 0.3 is 0 Å². The van der Waals surface area contributed by atoms with Gasteiger partial charge in [-0.2, -0.15) is 4.98 Å². The van der Waals surface area contributed by atoms with Crippen molar-refractivity contribution in [3.05, 3.63) is 52.0 Å². The van der Waals surface area contributed by atoms with Crippen molar-refractivity contribution in [2.45, 2.75) is 25.3 Å². The van der Waals surface area contributed by atoms with Gasteiger partial charge in [-0.15, -0.1) is 5.10 Å². The summed E-state index contributed by atoms with van der Waals surface area (Å²) in [5, 5.41) is 4.27. The van der Waals surface area contributed by atoms with Gasteiger partial charge < -0.3 is 0 Å². The summed E-state index contributed by atoms with van der Waals surface area (Å²) >= 11 is 3.28. The Morgan fingerprint density at radius 3 is 2.57 bits per heavy atom. The monoisotopic (exact) mass is 395 g/mol. The molecule has 0 fully saturated rings. The zero-order chi connectivity index (χ0) is 16.6. The normalized spacial score (nSPS) is 12.0. The number of hydrogen-bond donors (Lipinski definition) is 1. The van der Waals surface area contributed by atoms with Crippen molar-refractivity contribution in [3.63, 3.8) is 0 Å². The van der Waals surface area contributed by atoms with Crippen LogP contribution in [0.4, 0.5) is 0 Å². The van der Waals surface area contributed by atoms with E-state index in [-0.39, 0.29) is 11.4 Å². The van der Waals surface area contributed by atoms with Gasteiger partial charge in [-0.05, 0) is 44.2 Å². The van der Waals surface area contributed by atoms with Crippen LogP contribution in [0.15, 0.2) is 39.7 Å². The van der Waals surface area contributed by atoms with Gasteiger partial charge in [0.15, 0.2) is 5.82 Å². The zero-order valence-electron chi connectivity index (χ0n) is 12.5. The molecule has 23 heavy (non-hydrogen) atoms. The van der Waals surface area contributed by atoms with Crippen LogP contribution in [0.25, 0.3) is 5.78 Å². The SMILES string of the molecule is Cc1cc(C)n2nc(CNS(=O)(=O)c3ccc(Br)cc3)nc2n1. The number of rotatable bonds is 4. The molecule has 0 aliphatic rings. The fourth-order valence-corrected chi connectivity index (χ4v) is 3.38. The molecule has 2 aromatic heterocycles. The molecule has 0 aliphatic heterocycles. The first-order valence-electron chi connectivity index (χ1n) is 6.80. The summed E-state index contributed by atoms with van der Waals surface area (Å²) < 4.78 is 29.4. The van der Waals surface area contributed by atoms with Gasteiger partial charge in [0.25, 0.3) is 5.78 Å². The molecule has 0 radical (unpaired) electrons. The highest BCUT2D eigenvalue weighted by molar-refractivity contribution is 9.10. The highest BCUT2D eigenvalue weighted by atomic mass is 79.9. The van der Waals surface area contributed by atoms with Crippen LogP contribution in [0.5, 0.6) is 0 Å². The minimum absolute atomic E-state index is 0.000243. The molecule has 1 aromatic carbocycles. The minimum atomic E-state index is -3.61. The van der Waals surface area contributed by atoms with Gasteiger partial charge in [-0.25, -0.2) is 22.6 Å². The number of aryl methyl sites for hydroxylation is 2. The smallest absolute Gasteiger partial charge is 0.216 e. The second-order valence-corrected chi connectivity index (χ2v) is 7.74. The highest BCUT2D eigenvalue weighted by Gasteiger charge is 2.15. The molecule has 0 atom stereocenters. The third kappa shape index (κ3) is 3.41. The summed E-state index contributed by atoms with van der Waals surface area (Å²) in [5.41, 5.74) is 1.73. The van der Waals surface area contributed by atoms with E-state index in [1.165, 1.54) is 12.1 Å². The van der Waals surface area contributed by atoms with Crippen LogP contribution in [-0.4, -0.2) is 28.0 Å². The van der Waals surface area contributed by atoms with Gasteiger partial charge in [0.05, 0.1) is 11.4 Å². The van der Waals surface area contributed by atoms with Gasteiger partial charge in [0, 0.05) is 15.9 Å². The molecular weight excluding hydrogens is 382 g/mol. The van der Waals surface area contributed by atoms with Crippen molar-refractivity contribution in [1.29, 1.82) is 0 Å². The maximum Gasteiger partial charge on any atom is 0.252 e. The molecule has 2 heterocycles. The van der Waals surface area contributed by atoms with Gasteiger partial charge in [0.2, 0.25) is 10.0 Å². The average molecular weight is 396 g/mol. The van der Waals surface area contributed by atoms with E-state index in [2.05, 4.69) is 35.7 Å². The summed E-state index contributed by atoms with van der Waals surface area (Å²) in [6.45, 7) is 3.77. The Bertz CT molecular complexity index is 967. The predicted molar refractivity (Wildman–Crippen MR) is 88.4 cm³/mol. The van der Waals surface area contributed by atoms with Crippen molar-refractivity contribution < 1.29 is 8.42 Å². The highest BCUT2D eigenvalue weighted by Crippen LogP contribution is 2.14. The fourth-order valence-electron chi connectivity index (χ4n) is 2.14.